The smallest absolute Gasteiger partial charge is 0.339 e. The number of carboxylic acid groups (broad SMARTS) is 1. The molecule has 0 amide bonds. The third-order valence-electron chi connectivity index (χ3n) is 2.58. The summed E-state index contributed by atoms with van der Waals surface area (Å²) in [6.45, 7) is 0. The van der Waals surface area contributed by atoms with Gasteiger partial charge in [0.05, 0.1) is 13.2 Å². The summed E-state index contributed by atoms with van der Waals surface area (Å²) in [4.78, 5) is 11.2. The molecule has 0 aromatic heterocycles. The van der Waals surface area contributed by atoms with Crippen molar-refractivity contribution >= 4 is 17.6 Å². The predicted octanol–water partition coefficient (Wildman–Crippen LogP) is 1.42. The van der Waals surface area contributed by atoms with Crippen LogP contribution in [0.1, 0.15) is 28.4 Å². The number of halogens is 1. The fourth-order valence-electron chi connectivity index (χ4n) is 1.67. The molecular weight excluding hydrogens is 260 g/mol. The Bertz CT molecular complexity index is 421. The molecule has 1 aromatic carbocycles. The first-order valence-electron chi connectivity index (χ1n) is 5.35. The maximum Gasteiger partial charge on any atom is 0.339 e. The standard InChI is InChI=1S/C12H15ClO5/c1-18-9-4-2-3-7(10(9)12(16)17)11(15)8(14)5-6-13/h2-4,8,11,14-15H,5-6H2,1H3,(H,16,17). The summed E-state index contributed by atoms with van der Waals surface area (Å²) in [6, 6.07) is 4.47. The van der Waals surface area contributed by atoms with Gasteiger partial charge in [-0.2, -0.15) is 0 Å². The van der Waals surface area contributed by atoms with Crippen LogP contribution in [-0.2, 0) is 0 Å². The van der Waals surface area contributed by atoms with Crippen molar-refractivity contribution < 1.29 is 24.9 Å². The van der Waals surface area contributed by atoms with E-state index in [9.17, 15) is 15.0 Å². The first-order chi connectivity index (χ1) is 8.52. The Morgan fingerprint density at radius 2 is 2.11 bits per heavy atom. The quantitative estimate of drug-likeness (QED) is 0.683. The number of aliphatic hydroxyl groups excluding tert-OH is 2. The number of rotatable bonds is 6. The summed E-state index contributed by atoms with van der Waals surface area (Å²) < 4.78 is 4.94. The second-order valence-corrected chi connectivity index (χ2v) is 4.10. The van der Waals surface area contributed by atoms with Crippen LogP contribution in [0.2, 0.25) is 0 Å². The largest absolute Gasteiger partial charge is 0.496 e. The number of benzene rings is 1. The summed E-state index contributed by atoms with van der Waals surface area (Å²) in [5, 5.41) is 28.8. The zero-order valence-electron chi connectivity index (χ0n) is 9.84. The Hall–Kier alpha value is -1.30. The molecule has 0 fully saturated rings. The van der Waals surface area contributed by atoms with Gasteiger partial charge in [0.15, 0.2) is 0 Å². The Morgan fingerprint density at radius 1 is 1.44 bits per heavy atom. The van der Waals surface area contributed by atoms with Crippen LogP contribution >= 0.6 is 11.6 Å². The van der Waals surface area contributed by atoms with Gasteiger partial charge < -0.3 is 20.1 Å². The first-order valence-corrected chi connectivity index (χ1v) is 5.88. The van der Waals surface area contributed by atoms with Gasteiger partial charge in [-0.05, 0) is 12.5 Å². The van der Waals surface area contributed by atoms with Crippen LogP contribution in [0.4, 0.5) is 0 Å². The molecule has 18 heavy (non-hydrogen) atoms. The van der Waals surface area contributed by atoms with Gasteiger partial charge in [-0.25, -0.2) is 4.79 Å². The zero-order chi connectivity index (χ0) is 13.7. The molecule has 0 aliphatic rings. The van der Waals surface area contributed by atoms with Gasteiger partial charge in [0.1, 0.15) is 17.4 Å². The number of methoxy groups -OCH3 is 1. The van der Waals surface area contributed by atoms with Crippen molar-refractivity contribution in [3.63, 3.8) is 0 Å². The molecular formula is C12H15ClO5. The van der Waals surface area contributed by atoms with Crippen molar-refractivity contribution in [2.24, 2.45) is 0 Å². The van der Waals surface area contributed by atoms with Gasteiger partial charge in [-0.1, -0.05) is 12.1 Å². The highest BCUT2D eigenvalue weighted by Crippen LogP contribution is 2.29. The summed E-state index contributed by atoms with van der Waals surface area (Å²) in [5.74, 6) is -0.915. The minimum absolute atomic E-state index is 0.111. The molecule has 100 valence electrons. The maximum absolute atomic E-state index is 11.2. The minimum atomic E-state index is -1.31. The average molecular weight is 275 g/mol. The number of aliphatic hydroxyl groups is 2. The van der Waals surface area contributed by atoms with E-state index < -0.39 is 18.2 Å². The van der Waals surface area contributed by atoms with Gasteiger partial charge >= 0.3 is 5.97 Å². The molecule has 0 spiro atoms. The lowest BCUT2D eigenvalue weighted by Gasteiger charge is -2.20. The third kappa shape index (κ3) is 3.13. The predicted molar refractivity (Wildman–Crippen MR) is 66.3 cm³/mol. The molecule has 6 heteroatoms. The Morgan fingerprint density at radius 3 is 2.61 bits per heavy atom. The molecule has 3 N–H and O–H groups in total. The van der Waals surface area contributed by atoms with Crippen LogP contribution in [0.25, 0.3) is 0 Å². The van der Waals surface area contributed by atoms with E-state index in [2.05, 4.69) is 0 Å². The number of carbonyl (C=O) groups is 1. The lowest BCUT2D eigenvalue weighted by molar-refractivity contribution is 0.0158. The van der Waals surface area contributed by atoms with Gasteiger partial charge in [-0.15, -0.1) is 11.6 Å². The lowest BCUT2D eigenvalue weighted by Crippen LogP contribution is -2.21. The van der Waals surface area contributed by atoms with E-state index >= 15 is 0 Å². The fraction of sp³-hybridized carbons (Fsp3) is 0.417. The van der Waals surface area contributed by atoms with E-state index in [0.29, 0.717) is 0 Å². The van der Waals surface area contributed by atoms with Crippen molar-refractivity contribution in [1.29, 1.82) is 0 Å². The third-order valence-corrected chi connectivity index (χ3v) is 2.80. The van der Waals surface area contributed by atoms with E-state index in [0.717, 1.165) is 0 Å². The van der Waals surface area contributed by atoms with Gasteiger partial charge in [0.2, 0.25) is 0 Å². The first kappa shape index (κ1) is 14.8. The molecule has 1 aromatic rings. The van der Waals surface area contributed by atoms with Crippen molar-refractivity contribution in [2.75, 3.05) is 13.0 Å². The van der Waals surface area contributed by atoms with Gasteiger partial charge in [-0.3, -0.25) is 0 Å². The van der Waals surface area contributed by atoms with Gasteiger partial charge in [0.25, 0.3) is 0 Å². The molecule has 0 saturated heterocycles. The van der Waals surface area contributed by atoms with Crippen LogP contribution in [0.3, 0.4) is 0 Å². The molecule has 1 rings (SSSR count). The van der Waals surface area contributed by atoms with E-state index in [4.69, 9.17) is 21.4 Å². The minimum Gasteiger partial charge on any atom is -0.496 e. The Labute approximate surface area is 110 Å². The van der Waals surface area contributed by atoms with Crippen molar-refractivity contribution in [1.82, 2.24) is 0 Å². The number of carboxylic acids is 1. The molecule has 0 heterocycles. The van der Waals surface area contributed by atoms with E-state index in [1.807, 2.05) is 0 Å². The van der Waals surface area contributed by atoms with E-state index in [-0.39, 0.29) is 29.2 Å². The number of alkyl halides is 1. The average Bonchev–Trinajstić information content (AvgIpc) is 2.36. The summed E-state index contributed by atoms with van der Waals surface area (Å²) in [6.07, 6.45) is -2.27. The van der Waals surface area contributed by atoms with Crippen LogP contribution in [0.15, 0.2) is 18.2 Å². The van der Waals surface area contributed by atoms with Crippen molar-refractivity contribution in [3.05, 3.63) is 29.3 Å². The van der Waals surface area contributed by atoms with Crippen LogP contribution in [0, 0.1) is 0 Å². The molecule has 2 atom stereocenters. The van der Waals surface area contributed by atoms with E-state index in [1.54, 1.807) is 6.07 Å². The highest BCUT2D eigenvalue weighted by molar-refractivity contribution is 6.17. The second kappa shape index (κ2) is 6.58. The summed E-state index contributed by atoms with van der Waals surface area (Å²) >= 11 is 5.48. The number of ether oxygens (including phenoxy) is 1. The molecule has 0 aliphatic carbocycles. The normalized spacial score (nSPS) is 14.0. The highest BCUT2D eigenvalue weighted by Gasteiger charge is 2.25. The van der Waals surface area contributed by atoms with Crippen LogP contribution < -0.4 is 4.74 Å². The maximum atomic E-state index is 11.2. The Balaban J connectivity index is 3.19. The van der Waals surface area contributed by atoms with Crippen LogP contribution in [0.5, 0.6) is 5.75 Å². The van der Waals surface area contributed by atoms with Crippen LogP contribution in [-0.4, -0.2) is 40.4 Å². The van der Waals surface area contributed by atoms with E-state index in [1.165, 1.54) is 19.2 Å². The molecule has 0 radical (unpaired) electrons. The van der Waals surface area contributed by atoms with Crippen molar-refractivity contribution in [2.45, 2.75) is 18.6 Å². The topological polar surface area (TPSA) is 87.0 Å². The molecule has 0 saturated carbocycles. The Kier molecular flexibility index (Phi) is 5.40. The second-order valence-electron chi connectivity index (χ2n) is 3.72. The number of hydrogen-bond acceptors (Lipinski definition) is 4. The zero-order valence-corrected chi connectivity index (χ0v) is 10.6. The highest BCUT2D eigenvalue weighted by atomic mass is 35.5. The summed E-state index contributed by atoms with van der Waals surface area (Å²) in [5.41, 5.74) is -0.0411. The number of aromatic carboxylic acids is 1. The molecule has 2 unspecified atom stereocenters. The van der Waals surface area contributed by atoms with Crippen molar-refractivity contribution in [3.8, 4) is 5.75 Å². The van der Waals surface area contributed by atoms with Gasteiger partial charge in [0, 0.05) is 11.4 Å². The SMILES string of the molecule is COc1cccc(C(O)C(O)CCCl)c1C(=O)O. The molecule has 0 aliphatic heterocycles. The fourth-order valence-corrected chi connectivity index (χ4v) is 1.89. The molecule has 5 nitrogen and oxygen atoms in total. The monoisotopic (exact) mass is 274 g/mol. The lowest BCUT2D eigenvalue weighted by atomic mass is 9.96. The number of hydrogen-bond donors (Lipinski definition) is 3. The molecule has 0 bridgehead atoms. The summed E-state index contributed by atoms with van der Waals surface area (Å²) in [7, 11) is 1.34.